The van der Waals surface area contributed by atoms with Crippen LogP contribution < -0.4 is 4.90 Å². The van der Waals surface area contributed by atoms with Crippen molar-refractivity contribution < 1.29 is 4.79 Å². The number of nitrogens with zero attached hydrogens (tertiary/aromatic N) is 2. The number of carbonyl (C=O) groups is 1. The Morgan fingerprint density at radius 2 is 1.80 bits per heavy atom. The molecule has 25 heavy (non-hydrogen) atoms. The van der Waals surface area contributed by atoms with Crippen molar-refractivity contribution in [3.05, 3.63) is 64.7 Å². The molecule has 2 aliphatic heterocycles. The summed E-state index contributed by atoms with van der Waals surface area (Å²) >= 11 is 7.56. The molecule has 0 aliphatic carbocycles. The smallest absolute Gasteiger partial charge is 0.257 e. The van der Waals surface area contributed by atoms with E-state index in [1.165, 1.54) is 16.7 Å². The van der Waals surface area contributed by atoms with Crippen molar-refractivity contribution in [2.24, 2.45) is 0 Å². The molecular weight excluding hydrogens is 348 g/mol. The van der Waals surface area contributed by atoms with Gasteiger partial charge in [0, 0.05) is 5.75 Å². The summed E-state index contributed by atoms with van der Waals surface area (Å²) in [5.41, 5.74) is 5.64. The molecule has 2 heterocycles. The zero-order valence-corrected chi connectivity index (χ0v) is 16.2. The lowest BCUT2D eigenvalue weighted by molar-refractivity contribution is -0.119. The van der Waals surface area contributed by atoms with Crippen LogP contribution in [-0.2, 0) is 4.79 Å². The molecule has 0 unspecified atom stereocenters. The fourth-order valence-corrected chi connectivity index (χ4v) is 5.39. The highest BCUT2D eigenvalue weighted by atomic mass is 32.2. The second-order valence-corrected chi connectivity index (χ2v) is 8.17. The third kappa shape index (κ3) is 2.57. The van der Waals surface area contributed by atoms with Gasteiger partial charge in [0.2, 0.25) is 0 Å². The molecule has 2 aliphatic rings. The summed E-state index contributed by atoms with van der Waals surface area (Å²) in [4.78, 5) is 16.9. The van der Waals surface area contributed by atoms with Crippen LogP contribution in [0.2, 0.25) is 0 Å². The van der Waals surface area contributed by atoms with Crippen LogP contribution in [0.25, 0.3) is 0 Å². The number of aryl methyl sites for hydroxylation is 2. The Bertz CT molecular complexity index is 862. The lowest BCUT2D eigenvalue weighted by Gasteiger charge is -2.26. The van der Waals surface area contributed by atoms with Crippen molar-refractivity contribution in [3.8, 4) is 0 Å². The number of hydrogen-bond donors (Lipinski definition) is 0. The SMILES string of the molecule is Cc1ccc([C@@H]2SC[C@@H]3C(=O)N(c4cccc(C)c4C)C(=S)N32)cc1. The predicted molar refractivity (Wildman–Crippen MR) is 108 cm³/mol. The van der Waals surface area contributed by atoms with E-state index in [1.54, 1.807) is 16.7 Å². The number of amides is 1. The van der Waals surface area contributed by atoms with E-state index >= 15 is 0 Å². The Kier molecular flexibility index (Phi) is 4.08. The van der Waals surface area contributed by atoms with Gasteiger partial charge in [0.15, 0.2) is 5.11 Å². The number of anilines is 1. The van der Waals surface area contributed by atoms with E-state index in [4.69, 9.17) is 12.2 Å². The third-order valence-corrected chi connectivity index (χ3v) is 6.81. The molecule has 5 heteroatoms. The lowest BCUT2D eigenvalue weighted by atomic mass is 10.1. The summed E-state index contributed by atoms with van der Waals surface area (Å²) in [6.07, 6.45) is 0. The van der Waals surface area contributed by atoms with Gasteiger partial charge in [-0.15, -0.1) is 11.8 Å². The minimum Gasteiger partial charge on any atom is -0.319 e. The number of thiocarbonyl (C=S) groups is 1. The van der Waals surface area contributed by atoms with Crippen LogP contribution in [0.5, 0.6) is 0 Å². The van der Waals surface area contributed by atoms with Crippen LogP contribution in [0.3, 0.4) is 0 Å². The number of thioether (sulfide) groups is 1. The molecular formula is C20H20N2OS2. The van der Waals surface area contributed by atoms with Crippen LogP contribution in [0.15, 0.2) is 42.5 Å². The normalized spacial score (nSPS) is 22.7. The molecule has 2 aromatic carbocycles. The van der Waals surface area contributed by atoms with E-state index < -0.39 is 0 Å². The quantitative estimate of drug-likeness (QED) is 0.735. The maximum atomic E-state index is 13.1. The monoisotopic (exact) mass is 368 g/mol. The van der Waals surface area contributed by atoms with Gasteiger partial charge in [-0.1, -0.05) is 42.0 Å². The molecule has 0 bridgehead atoms. The standard InChI is InChI=1S/C20H20N2OS2/c1-12-7-9-15(10-8-12)19-22-17(11-25-19)18(23)21(20(22)24)16-6-4-5-13(2)14(16)3/h4-10,17,19H,11H2,1-3H3/t17-,19+/m1/s1. The molecule has 0 radical (unpaired) electrons. The second-order valence-electron chi connectivity index (χ2n) is 6.69. The van der Waals surface area contributed by atoms with Crippen LogP contribution >= 0.6 is 24.0 Å². The number of carbonyl (C=O) groups excluding carboxylic acids is 1. The minimum absolute atomic E-state index is 0.0980. The van der Waals surface area contributed by atoms with Gasteiger partial charge in [0.1, 0.15) is 11.4 Å². The van der Waals surface area contributed by atoms with E-state index in [0.717, 1.165) is 17.0 Å². The van der Waals surface area contributed by atoms with Gasteiger partial charge in [-0.05, 0) is 55.7 Å². The first-order valence-electron chi connectivity index (χ1n) is 8.39. The number of benzene rings is 2. The zero-order valence-electron chi connectivity index (χ0n) is 14.5. The van der Waals surface area contributed by atoms with Gasteiger partial charge in [-0.3, -0.25) is 9.69 Å². The highest BCUT2D eigenvalue weighted by Crippen LogP contribution is 2.46. The summed E-state index contributed by atoms with van der Waals surface area (Å²) < 4.78 is 0. The van der Waals surface area contributed by atoms with E-state index in [0.29, 0.717) is 5.11 Å². The van der Waals surface area contributed by atoms with Crippen molar-refractivity contribution >= 4 is 40.7 Å². The molecule has 3 nitrogen and oxygen atoms in total. The molecule has 0 aromatic heterocycles. The average molecular weight is 369 g/mol. The van der Waals surface area contributed by atoms with Crippen molar-refractivity contribution in [1.29, 1.82) is 0 Å². The van der Waals surface area contributed by atoms with E-state index in [1.807, 2.05) is 12.1 Å². The van der Waals surface area contributed by atoms with Gasteiger partial charge in [0.05, 0.1) is 5.69 Å². The van der Waals surface area contributed by atoms with Crippen LogP contribution in [-0.4, -0.2) is 27.7 Å². The van der Waals surface area contributed by atoms with Gasteiger partial charge in [-0.2, -0.15) is 0 Å². The zero-order chi connectivity index (χ0) is 17.7. The Balaban J connectivity index is 1.71. The topological polar surface area (TPSA) is 23.6 Å². The highest BCUT2D eigenvalue weighted by Gasteiger charge is 2.51. The van der Waals surface area contributed by atoms with Crippen molar-refractivity contribution in [1.82, 2.24) is 4.90 Å². The van der Waals surface area contributed by atoms with Crippen LogP contribution in [0.1, 0.15) is 27.6 Å². The number of hydrogen-bond acceptors (Lipinski definition) is 3. The van der Waals surface area contributed by atoms with Crippen molar-refractivity contribution in [3.63, 3.8) is 0 Å². The minimum atomic E-state index is -0.163. The highest BCUT2D eigenvalue weighted by molar-refractivity contribution is 7.99. The van der Waals surface area contributed by atoms with E-state index in [2.05, 4.69) is 56.0 Å². The largest absolute Gasteiger partial charge is 0.319 e. The first kappa shape index (κ1) is 16.6. The van der Waals surface area contributed by atoms with Gasteiger partial charge in [0.25, 0.3) is 5.91 Å². The Labute approximate surface area is 158 Å². The Morgan fingerprint density at radius 1 is 1.08 bits per heavy atom. The fraction of sp³-hybridized carbons (Fsp3) is 0.300. The molecule has 0 saturated carbocycles. The Morgan fingerprint density at radius 3 is 2.52 bits per heavy atom. The molecule has 1 amide bonds. The molecule has 2 atom stereocenters. The first-order valence-corrected chi connectivity index (χ1v) is 9.85. The molecule has 0 spiro atoms. The second kappa shape index (κ2) is 6.15. The first-order chi connectivity index (χ1) is 12.0. The fourth-order valence-electron chi connectivity index (χ4n) is 3.48. The molecule has 2 aromatic rings. The maximum Gasteiger partial charge on any atom is 0.257 e. The van der Waals surface area contributed by atoms with Crippen LogP contribution in [0, 0.1) is 20.8 Å². The summed E-state index contributed by atoms with van der Waals surface area (Å²) in [5.74, 6) is 0.875. The summed E-state index contributed by atoms with van der Waals surface area (Å²) in [7, 11) is 0. The van der Waals surface area contributed by atoms with E-state index in [-0.39, 0.29) is 17.3 Å². The average Bonchev–Trinajstić information content (AvgIpc) is 3.13. The molecule has 2 fully saturated rings. The molecule has 128 valence electrons. The summed E-state index contributed by atoms with van der Waals surface area (Å²) in [6, 6.07) is 14.4. The molecule has 2 saturated heterocycles. The molecule has 0 N–H and O–H groups in total. The number of fused-ring (bicyclic) bond motifs is 1. The van der Waals surface area contributed by atoms with Gasteiger partial charge in [-0.25, -0.2) is 0 Å². The number of rotatable bonds is 2. The van der Waals surface area contributed by atoms with Crippen molar-refractivity contribution in [2.75, 3.05) is 10.7 Å². The lowest BCUT2D eigenvalue weighted by Crippen LogP contribution is -2.34. The Hall–Kier alpha value is -1.85. The van der Waals surface area contributed by atoms with E-state index in [9.17, 15) is 4.79 Å². The van der Waals surface area contributed by atoms with Crippen molar-refractivity contribution in [2.45, 2.75) is 32.2 Å². The van der Waals surface area contributed by atoms with Gasteiger partial charge < -0.3 is 4.90 Å². The van der Waals surface area contributed by atoms with Crippen LogP contribution in [0.4, 0.5) is 5.69 Å². The molecule has 4 rings (SSSR count). The predicted octanol–water partition coefficient (Wildman–Crippen LogP) is 4.36. The maximum absolute atomic E-state index is 13.1. The third-order valence-electron chi connectivity index (χ3n) is 5.10. The summed E-state index contributed by atoms with van der Waals surface area (Å²) in [5, 5.41) is 0.733. The summed E-state index contributed by atoms with van der Waals surface area (Å²) in [6.45, 7) is 6.20. The van der Waals surface area contributed by atoms with Gasteiger partial charge >= 0.3 is 0 Å².